The molecule has 0 N–H and O–H groups in total. The quantitative estimate of drug-likeness (QED) is 0.671. The monoisotopic (exact) mass is 362 g/mol. The highest BCUT2D eigenvalue weighted by atomic mass is 19.4. The lowest BCUT2D eigenvalue weighted by molar-refractivity contribution is -0.137. The number of nitrogens with zero attached hydrogens (tertiary/aromatic N) is 2. The fraction of sp³-hybridized carbons (Fsp3) is 0.167. The van der Waals surface area contributed by atoms with Gasteiger partial charge < -0.3 is 4.74 Å². The summed E-state index contributed by atoms with van der Waals surface area (Å²) in [4.78, 5) is 28.2. The zero-order chi connectivity index (χ0) is 18.9. The molecule has 0 atom stereocenters. The predicted molar refractivity (Wildman–Crippen MR) is 87.9 cm³/mol. The van der Waals surface area contributed by atoms with Crippen LogP contribution in [0.15, 0.2) is 53.6 Å². The Hall–Kier alpha value is -3.16. The van der Waals surface area contributed by atoms with E-state index in [1.54, 1.807) is 0 Å². The average Bonchev–Trinajstić information content (AvgIpc) is 2.62. The number of hydrogen-bond acceptors (Lipinski definition) is 4. The van der Waals surface area contributed by atoms with Crippen LogP contribution in [-0.2, 0) is 17.5 Å². The second-order valence-electron chi connectivity index (χ2n) is 5.60. The number of rotatable bonds is 3. The summed E-state index contributed by atoms with van der Waals surface area (Å²) >= 11 is 0. The maximum absolute atomic E-state index is 12.8. The molecule has 1 aromatic heterocycles. The van der Waals surface area contributed by atoms with E-state index in [4.69, 9.17) is 0 Å². The third kappa shape index (κ3) is 3.44. The third-order valence-electron chi connectivity index (χ3n) is 3.85. The lowest BCUT2D eigenvalue weighted by atomic mass is 10.1. The van der Waals surface area contributed by atoms with Crippen molar-refractivity contribution in [2.75, 3.05) is 7.11 Å². The van der Waals surface area contributed by atoms with Crippen LogP contribution in [0, 0.1) is 0 Å². The highest BCUT2D eigenvalue weighted by molar-refractivity contribution is 5.93. The topological polar surface area (TPSA) is 61.2 Å². The van der Waals surface area contributed by atoms with Gasteiger partial charge in [-0.15, -0.1) is 0 Å². The van der Waals surface area contributed by atoms with Crippen LogP contribution in [0.2, 0.25) is 0 Å². The van der Waals surface area contributed by atoms with Crippen molar-refractivity contribution in [2.24, 2.45) is 0 Å². The number of carbonyl (C=O) groups excluding carboxylic acids is 1. The highest BCUT2D eigenvalue weighted by Gasteiger charge is 2.30. The number of aromatic nitrogens is 2. The minimum atomic E-state index is -4.45. The molecule has 0 amide bonds. The molecule has 2 aromatic carbocycles. The predicted octanol–water partition coefficient (Wildman–Crippen LogP) is 3.25. The van der Waals surface area contributed by atoms with E-state index >= 15 is 0 Å². The van der Waals surface area contributed by atoms with Crippen molar-refractivity contribution < 1.29 is 22.7 Å². The summed E-state index contributed by atoms with van der Waals surface area (Å²) < 4.78 is 44.3. The minimum absolute atomic E-state index is 0.0511. The molecule has 1 heterocycles. The van der Waals surface area contributed by atoms with E-state index in [2.05, 4.69) is 9.72 Å². The van der Waals surface area contributed by atoms with Gasteiger partial charge in [0.25, 0.3) is 5.56 Å². The van der Waals surface area contributed by atoms with Crippen molar-refractivity contribution in [1.82, 2.24) is 9.55 Å². The van der Waals surface area contributed by atoms with Crippen LogP contribution < -0.4 is 5.56 Å². The summed E-state index contributed by atoms with van der Waals surface area (Å²) in [5.74, 6) is -0.554. The van der Waals surface area contributed by atoms with Gasteiger partial charge in [0.05, 0.1) is 42.0 Å². The first-order valence-electron chi connectivity index (χ1n) is 7.53. The maximum atomic E-state index is 12.8. The molecular weight excluding hydrogens is 349 g/mol. The van der Waals surface area contributed by atoms with Gasteiger partial charge in [0, 0.05) is 0 Å². The number of alkyl halides is 3. The summed E-state index contributed by atoms with van der Waals surface area (Å²) in [7, 11) is 1.24. The van der Waals surface area contributed by atoms with E-state index in [0.29, 0.717) is 11.1 Å². The van der Waals surface area contributed by atoms with Crippen molar-refractivity contribution in [3.05, 3.63) is 75.8 Å². The number of ether oxygens (including phenoxy) is 1. The molecule has 3 aromatic rings. The van der Waals surface area contributed by atoms with Crippen molar-refractivity contribution in [3.8, 4) is 0 Å². The number of halogens is 3. The summed E-state index contributed by atoms with van der Waals surface area (Å²) in [6.45, 7) is -0.0511. The number of methoxy groups -OCH3 is 1. The Bertz CT molecular complexity index is 1040. The van der Waals surface area contributed by atoms with Gasteiger partial charge in [-0.05, 0) is 35.9 Å². The highest BCUT2D eigenvalue weighted by Crippen LogP contribution is 2.29. The Balaban J connectivity index is 1.98. The van der Waals surface area contributed by atoms with Crippen LogP contribution in [0.1, 0.15) is 21.5 Å². The third-order valence-corrected chi connectivity index (χ3v) is 3.85. The zero-order valence-corrected chi connectivity index (χ0v) is 13.6. The van der Waals surface area contributed by atoms with Gasteiger partial charge in [0.1, 0.15) is 0 Å². The first-order chi connectivity index (χ1) is 12.3. The van der Waals surface area contributed by atoms with Crippen LogP contribution in [0.4, 0.5) is 13.2 Å². The van der Waals surface area contributed by atoms with Crippen molar-refractivity contribution in [1.29, 1.82) is 0 Å². The molecule has 0 radical (unpaired) electrons. The number of benzene rings is 2. The standard InChI is InChI=1S/C18H13F3N2O3/c1-26-17(25)12-5-6-14-15(8-12)22-10-23(16(14)24)9-11-3-2-4-13(7-11)18(19,20)21/h2-8,10H,9H2,1H3. The molecule has 26 heavy (non-hydrogen) atoms. The van der Waals surface area contributed by atoms with Gasteiger partial charge in [0.2, 0.25) is 0 Å². The SMILES string of the molecule is COC(=O)c1ccc2c(=O)n(Cc3cccc(C(F)(F)F)c3)cnc2c1. The Kier molecular flexibility index (Phi) is 4.50. The summed E-state index contributed by atoms with van der Waals surface area (Å²) in [5, 5.41) is 0.257. The lowest BCUT2D eigenvalue weighted by Crippen LogP contribution is -2.21. The normalized spacial score (nSPS) is 11.5. The Labute approximate surface area is 145 Å². The van der Waals surface area contributed by atoms with E-state index in [9.17, 15) is 22.8 Å². The minimum Gasteiger partial charge on any atom is -0.465 e. The zero-order valence-electron chi connectivity index (χ0n) is 13.6. The summed E-state index contributed by atoms with van der Waals surface area (Å²) in [6, 6.07) is 9.07. The lowest BCUT2D eigenvalue weighted by Gasteiger charge is -2.10. The van der Waals surface area contributed by atoms with Crippen molar-refractivity contribution >= 4 is 16.9 Å². The fourth-order valence-electron chi connectivity index (χ4n) is 2.56. The first kappa shape index (κ1) is 17.7. The van der Waals surface area contributed by atoms with E-state index in [-0.39, 0.29) is 17.5 Å². The Morgan fingerprint density at radius 1 is 1.19 bits per heavy atom. The number of fused-ring (bicyclic) bond motifs is 1. The Morgan fingerprint density at radius 3 is 2.65 bits per heavy atom. The fourth-order valence-corrected chi connectivity index (χ4v) is 2.56. The van der Waals surface area contributed by atoms with Gasteiger partial charge in [0.15, 0.2) is 0 Å². The maximum Gasteiger partial charge on any atom is 0.416 e. The van der Waals surface area contributed by atoms with E-state index < -0.39 is 23.3 Å². The molecule has 0 aliphatic carbocycles. The van der Waals surface area contributed by atoms with Gasteiger partial charge in [-0.1, -0.05) is 12.1 Å². The van der Waals surface area contributed by atoms with Crippen molar-refractivity contribution in [3.63, 3.8) is 0 Å². The number of hydrogen-bond donors (Lipinski definition) is 0. The smallest absolute Gasteiger partial charge is 0.416 e. The van der Waals surface area contributed by atoms with E-state index in [1.807, 2.05) is 0 Å². The molecule has 0 aliphatic heterocycles. The molecule has 0 aliphatic rings. The van der Waals surface area contributed by atoms with Crippen LogP contribution in [0.3, 0.4) is 0 Å². The number of carbonyl (C=O) groups is 1. The molecule has 0 saturated heterocycles. The van der Waals surface area contributed by atoms with Gasteiger partial charge in [-0.25, -0.2) is 9.78 Å². The first-order valence-corrected chi connectivity index (χ1v) is 7.53. The molecule has 134 valence electrons. The molecule has 0 bridgehead atoms. The molecular formula is C18H13F3N2O3. The van der Waals surface area contributed by atoms with Gasteiger partial charge in [-0.2, -0.15) is 13.2 Å². The van der Waals surface area contributed by atoms with Crippen molar-refractivity contribution in [2.45, 2.75) is 12.7 Å². The molecule has 0 fully saturated rings. The van der Waals surface area contributed by atoms with Gasteiger partial charge >= 0.3 is 12.1 Å². The second-order valence-corrected chi connectivity index (χ2v) is 5.60. The number of esters is 1. The second kappa shape index (κ2) is 6.62. The van der Waals surface area contributed by atoms with Crippen LogP contribution in [-0.4, -0.2) is 22.6 Å². The molecule has 0 saturated carbocycles. The summed E-state index contributed by atoms with van der Waals surface area (Å²) in [6.07, 6.45) is -3.21. The Morgan fingerprint density at radius 2 is 1.96 bits per heavy atom. The van der Waals surface area contributed by atoms with E-state index in [0.717, 1.165) is 12.1 Å². The molecule has 3 rings (SSSR count). The van der Waals surface area contributed by atoms with Crippen LogP contribution >= 0.6 is 0 Å². The molecule has 5 nitrogen and oxygen atoms in total. The average molecular weight is 362 g/mol. The van der Waals surface area contributed by atoms with E-state index in [1.165, 1.54) is 48.3 Å². The largest absolute Gasteiger partial charge is 0.465 e. The van der Waals surface area contributed by atoms with Gasteiger partial charge in [-0.3, -0.25) is 9.36 Å². The molecule has 0 unspecified atom stereocenters. The van der Waals surface area contributed by atoms with Crippen LogP contribution in [0.25, 0.3) is 10.9 Å². The van der Waals surface area contributed by atoms with Crippen LogP contribution in [0.5, 0.6) is 0 Å². The molecule has 0 spiro atoms. The summed E-state index contributed by atoms with van der Waals surface area (Å²) in [5.41, 5.74) is -0.307. The molecule has 8 heteroatoms.